The first-order valence-electron chi connectivity index (χ1n) is 14.1. The summed E-state index contributed by atoms with van der Waals surface area (Å²) in [5, 5.41) is 32.6. The third kappa shape index (κ3) is 12.7. The standard InChI is InChI=1S/C26H48N8O7/c1-5-15(4)20(34-22(37)18(12-14(2)3)32-21(36)16-8-6-10-29-16)24(39)33-19(13-35)23(38)31-17(25(40)41)9-7-11-30-26(27)28/h14-20,29,35H,5-13H2,1-4H3,(H,31,38)(H,32,36)(H,33,39)(H,34,37)(H,40,41)(H4,27,28,30)/t15-,16-,17-,18-,19-,20-/m0/s1. The van der Waals surface area contributed by atoms with Crippen LogP contribution in [0.5, 0.6) is 0 Å². The number of aliphatic imine (C=N–C) groups is 1. The molecule has 11 N–H and O–H groups in total. The fraction of sp³-hybridized carbons (Fsp3) is 0.769. The van der Waals surface area contributed by atoms with Gasteiger partial charge in [-0.15, -0.1) is 0 Å². The summed E-state index contributed by atoms with van der Waals surface area (Å²) in [4.78, 5) is 67.4. The quantitative estimate of drug-likeness (QED) is 0.0482. The number of rotatable bonds is 18. The number of nitrogens with two attached hydrogens (primary N) is 2. The van der Waals surface area contributed by atoms with E-state index in [2.05, 4.69) is 31.6 Å². The molecule has 0 aromatic rings. The third-order valence-corrected chi connectivity index (χ3v) is 6.89. The summed E-state index contributed by atoms with van der Waals surface area (Å²) >= 11 is 0. The lowest BCUT2D eigenvalue weighted by molar-refractivity contribution is -0.142. The van der Waals surface area contributed by atoms with Crippen LogP contribution in [-0.2, 0) is 24.0 Å². The van der Waals surface area contributed by atoms with Crippen molar-refractivity contribution in [2.24, 2.45) is 28.3 Å². The highest BCUT2D eigenvalue weighted by molar-refractivity contribution is 5.95. The van der Waals surface area contributed by atoms with Gasteiger partial charge in [0, 0.05) is 6.54 Å². The molecule has 0 unspecified atom stereocenters. The van der Waals surface area contributed by atoms with Gasteiger partial charge in [0.15, 0.2) is 5.96 Å². The fourth-order valence-electron chi connectivity index (χ4n) is 4.33. The molecule has 1 saturated heterocycles. The molecule has 15 heteroatoms. The molecule has 1 aliphatic heterocycles. The second-order valence-electron chi connectivity index (χ2n) is 10.8. The highest BCUT2D eigenvalue weighted by Gasteiger charge is 2.34. The molecule has 15 nitrogen and oxygen atoms in total. The summed E-state index contributed by atoms with van der Waals surface area (Å²) in [5.74, 6) is -4.19. The van der Waals surface area contributed by atoms with Crippen LogP contribution in [0.15, 0.2) is 4.99 Å². The maximum atomic E-state index is 13.3. The Morgan fingerprint density at radius 3 is 2.10 bits per heavy atom. The number of aliphatic hydroxyl groups is 1. The molecule has 0 radical (unpaired) electrons. The van der Waals surface area contributed by atoms with E-state index >= 15 is 0 Å². The van der Waals surface area contributed by atoms with Crippen molar-refractivity contribution in [2.75, 3.05) is 19.7 Å². The molecule has 6 atom stereocenters. The summed E-state index contributed by atoms with van der Waals surface area (Å²) in [5.41, 5.74) is 10.5. The van der Waals surface area contributed by atoms with E-state index in [1.54, 1.807) is 6.92 Å². The Bertz CT molecular complexity index is 920. The largest absolute Gasteiger partial charge is 0.480 e. The van der Waals surface area contributed by atoms with Gasteiger partial charge >= 0.3 is 5.97 Å². The lowest BCUT2D eigenvalue weighted by Gasteiger charge is -2.29. The molecule has 0 aliphatic carbocycles. The van der Waals surface area contributed by atoms with Gasteiger partial charge in [0.1, 0.15) is 24.2 Å². The van der Waals surface area contributed by atoms with Crippen molar-refractivity contribution < 1.29 is 34.2 Å². The Morgan fingerprint density at radius 2 is 1.59 bits per heavy atom. The number of carboxylic acids is 1. The predicted octanol–water partition coefficient (Wildman–Crippen LogP) is -2.10. The number of nitrogens with one attached hydrogen (secondary N) is 5. The number of hydrogen-bond acceptors (Lipinski definition) is 8. The van der Waals surface area contributed by atoms with Crippen LogP contribution in [0.3, 0.4) is 0 Å². The summed E-state index contributed by atoms with van der Waals surface area (Å²) < 4.78 is 0. The first-order chi connectivity index (χ1) is 19.3. The normalized spacial score (nSPS) is 18.3. The van der Waals surface area contributed by atoms with E-state index < -0.39 is 54.5 Å². The Hall–Kier alpha value is -3.46. The minimum atomic E-state index is -1.47. The Balaban J connectivity index is 2.94. The van der Waals surface area contributed by atoms with Gasteiger partial charge in [-0.2, -0.15) is 0 Å². The first kappa shape index (κ1) is 35.6. The van der Waals surface area contributed by atoms with Crippen molar-refractivity contribution >= 4 is 35.6 Å². The van der Waals surface area contributed by atoms with Crippen molar-refractivity contribution in [3.8, 4) is 0 Å². The Labute approximate surface area is 241 Å². The maximum absolute atomic E-state index is 13.3. The highest BCUT2D eigenvalue weighted by atomic mass is 16.4. The zero-order chi connectivity index (χ0) is 31.1. The molecular weight excluding hydrogens is 536 g/mol. The summed E-state index contributed by atoms with van der Waals surface area (Å²) in [6.45, 7) is 7.47. The van der Waals surface area contributed by atoms with Crippen molar-refractivity contribution in [2.45, 2.75) is 96.4 Å². The minimum absolute atomic E-state index is 0.00877. The van der Waals surface area contributed by atoms with E-state index in [9.17, 15) is 34.2 Å². The van der Waals surface area contributed by atoms with Crippen LogP contribution >= 0.6 is 0 Å². The van der Waals surface area contributed by atoms with E-state index in [4.69, 9.17) is 11.5 Å². The fourth-order valence-corrected chi connectivity index (χ4v) is 4.33. The zero-order valence-electron chi connectivity index (χ0n) is 24.4. The molecule has 0 saturated carbocycles. The molecule has 234 valence electrons. The molecule has 1 aliphatic rings. The number of amides is 4. The monoisotopic (exact) mass is 584 g/mol. The van der Waals surface area contributed by atoms with Crippen molar-refractivity contribution in [1.82, 2.24) is 26.6 Å². The van der Waals surface area contributed by atoms with Gasteiger partial charge in [0.05, 0.1) is 12.6 Å². The second-order valence-corrected chi connectivity index (χ2v) is 10.8. The zero-order valence-corrected chi connectivity index (χ0v) is 24.4. The lowest BCUT2D eigenvalue weighted by atomic mass is 9.96. The summed E-state index contributed by atoms with van der Waals surface area (Å²) in [7, 11) is 0. The number of carboxylic acid groups (broad SMARTS) is 1. The van der Waals surface area contributed by atoms with Gasteiger partial charge in [-0.05, 0) is 50.5 Å². The number of guanidine groups is 1. The minimum Gasteiger partial charge on any atom is -0.480 e. The number of carbonyl (C=O) groups excluding carboxylic acids is 4. The number of hydrogen-bond donors (Lipinski definition) is 9. The van der Waals surface area contributed by atoms with Crippen LogP contribution in [0.1, 0.15) is 66.2 Å². The molecular formula is C26H48N8O7. The maximum Gasteiger partial charge on any atom is 0.326 e. The Kier molecular flexibility index (Phi) is 15.7. The number of nitrogens with zero attached hydrogens (tertiary/aromatic N) is 1. The molecule has 0 aromatic carbocycles. The molecule has 0 spiro atoms. The highest BCUT2D eigenvalue weighted by Crippen LogP contribution is 2.12. The summed E-state index contributed by atoms with van der Waals surface area (Å²) in [6.07, 6.45) is 2.65. The van der Waals surface area contributed by atoms with E-state index in [0.717, 1.165) is 13.0 Å². The van der Waals surface area contributed by atoms with Gasteiger partial charge in [-0.1, -0.05) is 34.1 Å². The van der Waals surface area contributed by atoms with Crippen molar-refractivity contribution in [3.63, 3.8) is 0 Å². The molecule has 0 aromatic heterocycles. The summed E-state index contributed by atoms with van der Waals surface area (Å²) in [6, 6.07) is -5.11. The lowest BCUT2D eigenvalue weighted by Crippen LogP contribution is -2.60. The number of aliphatic carboxylic acids is 1. The van der Waals surface area contributed by atoms with Crippen LogP contribution in [0.2, 0.25) is 0 Å². The van der Waals surface area contributed by atoms with Crippen molar-refractivity contribution in [1.29, 1.82) is 0 Å². The van der Waals surface area contributed by atoms with Crippen LogP contribution < -0.4 is 38.1 Å². The third-order valence-electron chi connectivity index (χ3n) is 6.89. The number of carbonyl (C=O) groups is 5. The molecule has 1 rings (SSSR count). The topological polar surface area (TPSA) is 250 Å². The SMILES string of the molecule is CC[C@H](C)[C@H](NC(=O)[C@H](CC(C)C)NC(=O)[C@@H]1CCCN1)C(=O)N[C@@H](CO)C(=O)N[C@@H](CCCN=C(N)N)C(=O)O. The second kappa shape index (κ2) is 18.1. The van der Waals surface area contributed by atoms with Crippen LogP contribution in [0, 0.1) is 11.8 Å². The molecule has 1 fully saturated rings. The predicted molar refractivity (Wildman–Crippen MR) is 152 cm³/mol. The van der Waals surface area contributed by atoms with E-state index in [-0.39, 0.29) is 49.1 Å². The average Bonchev–Trinajstić information content (AvgIpc) is 3.45. The first-order valence-corrected chi connectivity index (χ1v) is 14.1. The van der Waals surface area contributed by atoms with Crippen molar-refractivity contribution in [3.05, 3.63) is 0 Å². The molecule has 41 heavy (non-hydrogen) atoms. The van der Waals surface area contributed by atoms with Gasteiger partial charge in [0.25, 0.3) is 0 Å². The van der Waals surface area contributed by atoms with Gasteiger partial charge in [0.2, 0.25) is 23.6 Å². The van der Waals surface area contributed by atoms with Gasteiger partial charge in [-0.25, -0.2) is 4.79 Å². The molecule has 0 bridgehead atoms. The number of aliphatic hydroxyl groups excluding tert-OH is 1. The Morgan fingerprint density at radius 1 is 0.951 bits per heavy atom. The molecule has 1 heterocycles. The van der Waals surface area contributed by atoms with Crippen LogP contribution in [0.25, 0.3) is 0 Å². The van der Waals surface area contributed by atoms with Crippen LogP contribution in [0.4, 0.5) is 0 Å². The average molecular weight is 585 g/mol. The molecule has 4 amide bonds. The van der Waals surface area contributed by atoms with E-state index in [0.29, 0.717) is 19.3 Å². The van der Waals surface area contributed by atoms with E-state index in [1.807, 2.05) is 20.8 Å². The van der Waals surface area contributed by atoms with Gasteiger partial charge < -0.3 is 48.3 Å². The van der Waals surface area contributed by atoms with E-state index in [1.165, 1.54) is 0 Å². The van der Waals surface area contributed by atoms with Crippen LogP contribution in [-0.4, -0.2) is 95.7 Å². The van der Waals surface area contributed by atoms with Gasteiger partial charge in [-0.3, -0.25) is 24.2 Å². The smallest absolute Gasteiger partial charge is 0.326 e.